The molecular formula is C62H106N2O6P+. The highest BCUT2D eigenvalue weighted by Gasteiger charge is 2.27. The van der Waals surface area contributed by atoms with Crippen molar-refractivity contribution in [1.82, 2.24) is 5.32 Å². The minimum Gasteiger partial charge on any atom is -0.387 e. The largest absolute Gasteiger partial charge is 0.472 e. The molecule has 0 aromatic rings. The Balaban J connectivity index is 4.27. The maximum atomic E-state index is 12.9. The molecule has 0 rings (SSSR count). The molecule has 1 amide bonds. The van der Waals surface area contributed by atoms with Crippen LogP contribution in [0.1, 0.15) is 200 Å². The van der Waals surface area contributed by atoms with E-state index in [-0.39, 0.29) is 19.1 Å². The first-order valence-corrected chi connectivity index (χ1v) is 29.6. The van der Waals surface area contributed by atoms with E-state index < -0.39 is 20.0 Å². The number of quaternary nitrogens is 1. The maximum absolute atomic E-state index is 12.9. The molecule has 0 aliphatic rings. The van der Waals surface area contributed by atoms with Gasteiger partial charge in [0.15, 0.2) is 0 Å². The highest BCUT2D eigenvalue weighted by molar-refractivity contribution is 7.47. The number of aliphatic hydroxyl groups is 1. The van der Waals surface area contributed by atoms with Gasteiger partial charge >= 0.3 is 7.82 Å². The summed E-state index contributed by atoms with van der Waals surface area (Å²) in [6.07, 6.45) is 78.3. The minimum atomic E-state index is -4.36. The van der Waals surface area contributed by atoms with Crippen molar-refractivity contribution in [1.29, 1.82) is 0 Å². The van der Waals surface area contributed by atoms with Crippen molar-refractivity contribution in [2.45, 2.75) is 212 Å². The van der Waals surface area contributed by atoms with E-state index in [1.807, 2.05) is 27.2 Å². The molecule has 0 fully saturated rings. The summed E-state index contributed by atoms with van der Waals surface area (Å²) in [5, 5.41) is 13.9. The number of likely N-dealkylation sites (N-methyl/N-ethyl adjacent to an activating group) is 1. The Kier molecular flexibility index (Phi) is 49.1. The van der Waals surface area contributed by atoms with E-state index in [1.165, 1.54) is 64.2 Å². The number of phosphoric ester groups is 1. The minimum absolute atomic E-state index is 0.0489. The predicted octanol–water partition coefficient (Wildman–Crippen LogP) is 17.1. The molecule has 71 heavy (non-hydrogen) atoms. The number of unbranched alkanes of at least 4 members (excludes halogenated alkanes) is 16. The standard InChI is InChI=1S/C62H105N2O6P/c1-6-8-10-12-14-16-18-20-22-23-24-25-26-27-28-29-30-31-32-33-34-35-36-37-38-39-40-41-42-44-46-48-50-52-54-56-62(66)63-60(59-70-71(67,68)69-58-57-64(3,4)5)61(65)55-53-51-49-47-45-43-21-19-17-15-13-11-9-7-2/h8,10,14,16,20,22,24-25,27-28,30-31,33-34,36-37,39-40,42,44,53,55,60-61,65H,6-7,9,11-13,15,17-19,21,23,26,29,32,35,38,41,43,45-52,54,56-59H2,1-5H3,(H-,63,66,67,68)/p+1/b10-8-,16-14-,22-20-,25-24-,28-27-,31-30-,34-33-,37-36-,40-39-,44-42-,55-53+. The van der Waals surface area contributed by atoms with Crippen LogP contribution >= 0.6 is 7.82 Å². The number of carbonyl (C=O) groups excluding carboxylic acids is 1. The van der Waals surface area contributed by atoms with Crippen molar-refractivity contribution >= 4 is 13.7 Å². The number of aliphatic hydroxyl groups excluding tert-OH is 1. The molecule has 0 aliphatic heterocycles. The van der Waals surface area contributed by atoms with Crippen LogP contribution in [0.25, 0.3) is 0 Å². The van der Waals surface area contributed by atoms with Crippen LogP contribution in [0.5, 0.6) is 0 Å². The summed E-state index contributed by atoms with van der Waals surface area (Å²) in [4.78, 5) is 23.2. The van der Waals surface area contributed by atoms with E-state index in [2.05, 4.69) is 141 Å². The Hall–Kier alpha value is -3.36. The Morgan fingerprint density at radius 2 is 0.845 bits per heavy atom. The van der Waals surface area contributed by atoms with E-state index in [1.54, 1.807) is 6.08 Å². The number of phosphoric acid groups is 1. The lowest BCUT2D eigenvalue weighted by atomic mass is 10.0. The number of allylic oxidation sites excluding steroid dienone is 21. The van der Waals surface area contributed by atoms with Gasteiger partial charge in [0.05, 0.1) is 39.9 Å². The van der Waals surface area contributed by atoms with Crippen LogP contribution in [0.3, 0.4) is 0 Å². The zero-order valence-electron chi connectivity index (χ0n) is 45.9. The Morgan fingerprint density at radius 1 is 0.493 bits per heavy atom. The number of rotatable bonds is 49. The molecule has 0 aromatic carbocycles. The van der Waals surface area contributed by atoms with Crippen molar-refractivity contribution in [2.75, 3.05) is 40.9 Å². The van der Waals surface area contributed by atoms with Crippen LogP contribution in [-0.4, -0.2) is 73.4 Å². The first-order valence-electron chi connectivity index (χ1n) is 28.1. The quantitative estimate of drug-likeness (QED) is 0.0243. The predicted molar refractivity (Wildman–Crippen MR) is 308 cm³/mol. The molecule has 0 saturated carbocycles. The second-order valence-electron chi connectivity index (χ2n) is 19.6. The maximum Gasteiger partial charge on any atom is 0.472 e. The fourth-order valence-corrected chi connectivity index (χ4v) is 7.98. The van der Waals surface area contributed by atoms with Gasteiger partial charge in [-0.1, -0.05) is 231 Å². The van der Waals surface area contributed by atoms with Gasteiger partial charge in [0, 0.05) is 6.42 Å². The number of nitrogens with one attached hydrogen (secondary N) is 1. The van der Waals surface area contributed by atoms with Crippen molar-refractivity contribution < 1.29 is 32.9 Å². The summed E-state index contributed by atoms with van der Waals surface area (Å²) in [6.45, 7) is 4.66. The van der Waals surface area contributed by atoms with Crippen LogP contribution in [0, 0.1) is 0 Å². The van der Waals surface area contributed by atoms with Crippen LogP contribution in [-0.2, 0) is 18.4 Å². The van der Waals surface area contributed by atoms with E-state index in [0.29, 0.717) is 17.4 Å². The lowest BCUT2D eigenvalue weighted by molar-refractivity contribution is -0.870. The summed E-state index contributed by atoms with van der Waals surface area (Å²) in [5.74, 6) is -0.208. The van der Waals surface area contributed by atoms with E-state index in [0.717, 1.165) is 116 Å². The third-order valence-corrected chi connectivity index (χ3v) is 12.6. The molecule has 0 spiro atoms. The lowest BCUT2D eigenvalue weighted by Crippen LogP contribution is -2.45. The molecule has 3 atom stereocenters. The van der Waals surface area contributed by atoms with Crippen LogP contribution < -0.4 is 5.32 Å². The number of hydrogen-bond donors (Lipinski definition) is 3. The van der Waals surface area contributed by atoms with Crippen LogP contribution in [0.2, 0.25) is 0 Å². The van der Waals surface area contributed by atoms with E-state index >= 15 is 0 Å². The zero-order chi connectivity index (χ0) is 52.0. The van der Waals surface area contributed by atoms with E-state index in [4.69, 9.17) is 9.05 Å². The topological polar surface area (TPSA) is 105 Å². The Labute approximate surface area is 436 Å². The first-order chi connectivity index (χ1) is 34.5. The molecule has 8 nitrogen and oxygen atoms in total. The average molecular weight is 1010 g/mol. The molecular weight excluding hydrogens is 900 g/mol. The van der Waals surface area contributed by atoms with Crippen molar-refractivity contribution in [3.63, 3.8) is 0 Å². The summed E-state index contributed by atoms with van der Waals surface area (Å²) in [5.41, 5.74) is 0. The summed E-state index contributed by atoms with van der Waals surface area (Å²) in [6, 6.07) is -0.870. The summed E-state index contributed by atoms with van der Waals surface area (Å²) >= 11 is 0. The molecule has 0 bridgehead atoms. The fraction of sp³-hybridized carbons (Fsp3) is 0.629. The third-order valence-electron chi connectivity index (χ3n) is 11.6. The molecule has 0 saturated heterocycles. The molecule has 0 heterocycles. The smallest absolute Gasteiger partial charge is 0.387 e. The van der Waals surface area contributed by atoms with Gasteiger partial charge in [-0.05, 0) is 96.3 Å². The number of hydrogen-bond acceptors (Lipinski definition) is 5. The van der Waals surface area contributed by atoms with Gasteiger partial charge in [-0.2, -0.15) is 0 Å². The van der Waals surface area contributed by atoms with Gasteiger partial charge in [-0.3, -0.25) is 13.8 Å². The molecule has 404 valence electrons. The molecule has 9 heteroatoms. The molecule has 3 N–H and O–H groups in total. The fourth-order valence-electron chi connectivity index (χ4n) is 7.24. The third kappa shape index (κ3) is 54.3. The van der Waals surface area contributed by atoms with Crippen molar-refractivity contribution in [2.24, 2.45) is 0 Å². The van der Waals surface area contributed by atoms with Gasteiger partial charge in [-0.25, -0.2) is 4.57 Å². The first kappa shape index (κ1) is 67.6. The molecule has 3 unspecified atom stereocenters. The van der Waals surface area contributed by atoms with Crippen molar-refractivity contribution in [3.05, 3.63) is 134 Å². The number of amides is 1. The van der Waals surface area contributed by atoms with Gasteiger partial charge in [-0.15, -0.1) is 0 Å². The van der Waals surface area contributed by atoms with Crippen LogP contribution in [0.15, 0.2) is 134 Å². The van der Waals surface area contributed by atoms with Crippen LogP contribution in [0.4, 0.5) is 0 Å². The monoisotopic (exact) mass is 1010 g/mol. The molecule has 0 aliphatic carbocycles. The Morgan fingerprint density at radius 3 is 1.24 bits per heavy atom. The van der Waals surface area contributed by atoms with Gasteiger partial charge < -0.3 is 19.8 Å². The zero-order valence-corrected chi connectivity index (χ0v) is 46.8. The van der Waals surface area contributed by atoms with Gasteiger partial charge in [0.25, 0.3) is 0 Å². The summed E-state index contributed by atoms with van der Waals surface area (Å²) < 4.78 is 23.6. The van der Waals surface area contributed by atoms with Gasteiger partial charge in [0.2, 0.25) is 5.91 Å². The number of nitrogens with zero attached hydrogens (tertiary/aromatic N) is 1. The molecule has 0 radical (unpaired) electrons. The SMILES string of the molecule is CC/C=C\C/C=C\C/C=C\C/C=C\C/C=C\C/C=C\C/C=C\C/C=C\C/C=C\C/C=C\CCCCCCC(=O)NC(COP(=O)(O)OCC[N+](C)(C)C)C(O)/C=C/CCCCCCCCCCCCCC. The van der Waals surface area contributed by atoms with Gasteiger partial charge in [0.1, 0.15) is 13.2 Å². The summed E-state index contributed by atoms with van der Waals surface area (Å²) in [7, 11) is 1.53. The Bertz CT molecular complexity index is 1610. The lowest BCUT2D eigenvalue weighted by Gasteiger charge is -2.25. The highest BCUT2D eigenvalue weighted by atomic mass is 31.2. The van der Waals surface area contributed by atoms with E-state index in [9.17, 15) is 19.4 Å². The molecule has 0 aromatic heterocycles. The van der Waals surface area contributed by atoms with Crippen molar-refractivity contribution in [3.8, 4) is 0 Å². The average Bonchev–Trinajstić information content (AvgIpc) is 3.33. The second kappa shape index (κ2) is 51.5. The normalized spacial score (nSPS) is 15.0. The highest BCUT2D eigenvalue weighted by Crippen LogP contribution is 2.43. The number of carbonyl (C=O) groups is 1. The second-order valence-corrected chi connectivity index (χ2v) is 21.0.